The number of hydrogen-bond acceptors (Lipinski definition) is 5. The lowest BCUT2D eigenvalue weighted by molar-refractivity contribution is -0.134. The third-order valence-electron chi connectivity index (χ3n) is 0.754. The maximum Gasteiger partial charge on any atom is 0.351 e. The van der Waals surface area contributed by atoms with Crippen molar-refractivity contribution in [3.8, 4) is 0 Å². The number of amides is 2. The first kappa shape index (κ1) is 10.4. The van der Waals surface area contributed by atoms with Gasteiger partial charge in [0.05, 0.1) is 6.61 Å². The van der Waals surface area contributed by atoms with E-state index in [4.69, 9.17) is 5.84 Å². The van der Waals surface area contributed by atoms with Crippen LogP contribution in [0.25, 0.3) is 0 Å². The van der Waals surface area contributed by atoms with E-state index >= 15 is 0 Å². The molecule has 0 radical (unpaired) electrons. The number of hydrazine groups is 1. The third kappa shape index (κ3) is 5.18. The van der Waals surface area contributed by atoms with Gasteiger partial charge in [0.1, 0.15) is 6.21 Å². The van der Waals surface area contributed by atoms with E-state index < -0.39 is 12.0 Å². The van der Waals surface area contributed by atoms with Crippen LogP contribution in [0, 0.1) is 0 Å². The zero-order chi connectivity index (χ0) is 9.40. The number of carbonyl (C=O) groups excluding carboxylic acids is 2. The van der Waals surface area contributed by atoms with Gasteiger partial charge < -0.3 is 4.74 Å². The number of carbonyl (C=O) groups is 2. The number of nitrogens with two attached hydrogens (primary N) is 1. The topological polar surface area (TPSA) is 106 Å². The molecule has 0 aromatic rings. The third-order valence-corrected chi connectivity index (χ3v) is 0.754. The van der Waals surface area contributed by atoms with Crippen molar-refractivity contribution in [2.24, 2.45) is 10.9 Å². The zero-order valence-electron chi connectivity index (χ0n) is 6.53. The first-order valence-electron chi connectivity index (χ1n) is 3.17. The van der Waals surface area contributed by atoms with Crippen molar-refractivity contribution in [1.29, 1.82) is 0 Å². The highest BCUT2D eigenvalue weighted by Crippen LogP contribution is 1.72. The SMILES string of the molecule is CCOC(=O)/C=N\NC(=O)NN. The molecule has 0 bridgehead atoms. The van der Waals surface area contributed by atoms with Crippen LogP contribution in [0.3, 0.4) is 0 Å². The Morgan fingerprint density at radius 2 is 2.33 bits per heavy atom. The maximum absolute atomic E-state index is 10.5. The lowest BCUT2D eigenvalue weighted by Crippen LogP contribution is -2.37. The summed E-state index contributed by atoms with van der Waals surface area (Å²) in [6, 6.07) is -0.712. The second-order valence-electron chi connectivity index (χ2n) is 1.60. The Morgan fingerprint density at radius 1 is 1.67 bits per heavy atom. The van der Waals surface area contributed by atoms with Crippen LogP contribution < -0.4 is 16.7 Å². The number of nitrogens with one attached hydrogen (secondary N) is 2. The molecule has 0 saturated heterocycles. The number of urea groups is 1. The Kier molecular flexibility index (Phi) is 5.28. The van der Waals surface area contributed by atoms with Gasteiger partial charge in [-0.3, -0.25) is 5.43 Å². The molecule has 7 nitrogen and oxygen atoms in total. The molecular formula is C5H10N4O3. The lowest BCUT2D eigenvalue weighted by atomic mass is 10.7. The second kappa shape index (κ2) is 6.10. The first-order chi connectivity index (χ1) is 5.70. The van der Waals surface area contributed by atoms with Crippen molar-refractivity contribution >= 4 is 18.2 Å². The first-order valence-corrected chi connectivity index (χ1v) is 3.17. The summed E-state index contributed by atoms with van der Waals surface area (Å²) < 4.78 is 4.47. The molecule has 0 aromatic heterocycles. The van der Waals surface area contributed by atoms with Gasteiger partial charge in [-0.25, -0.2) is 20.9 Å². The summed E-state index contributed by atoms with van der Waals surface area (Å²) in [5.41, 5.74) is 3.67. The van der Waals surface area contributed by atoms with E-state index in [-0.39, 0.29) is 6.61 Å². The molecule has 0 aliphatic carbocycles. The quantitative estimate of drug-likeness (QED) is 0.163. The molecule has 0 heterocycles. The van der Waals surface area contributed by atoms with Gasteiger partial charge in [-0.15, -0.1) is 0 Å². The highest BCUT2D eigenvalue weighted by Gasteiger charge is 1.95. The summed E-state index contributed by atoms with van der Waals surface area (Å²) in [5.74, 6) is 4.07. The van der Waals surface area contributed by atoms with Crippen molar-refractivity contribution < 1.29 is 14.3 Å². The summed E-state index contributed by atoms with van der Waals surface area (Å²) in [6.45, 7) is 1.92. The van der Waals surface area contributed by atoms with Crippen LogP contribution in [0.4, 0.5) is 4.79 Å². The molecule has 0 aliphatic rings. The van der Waals surface area contributed by atoms with Crippen LogP contribution in [-0.4, -0.2) is 24.8 Å². The minimum atomic E-state index is -0.712. The summed E-state index contributed by atoms with van der Waals surface area (Å²) in [6.07, 6.45) is 0.832. The van der Waals surface area contributed by atoms with Crippen LogP contribution in [0.2, 0.25) is 0 Å². The average molecular weight is 174 g/mol. The predicted octanol–water partition coefficient (Wildman–Crippen LogP) is -1.29. The molecule has 0 spiro atoms. The summed E-state index contributed by atoms with van der Waals surface area (Å²) in [5, 5.41) is 3.22. The van der Waals surface area contributed by atoms with Gasteiger partial charge in [0.25, 0.3) is 0 Å². The molecule has 4 N–H and O–H groups in total. The molecule has 0 unspecified atom stereocenters. The minimum absolute atomic E-state index is 0.258. The average Bonchev–Trinajstić information content (AvgIpc) is 2.04. The van der Waals surface area contributed by atoms with Crippen LogP contribution in [0.1, 0.15) is 6.92 Å². The minimum Gasteiger partial charge on any atom is -0.462 e. The number of rotatable bonds is 3. The molecule has 0 aromatic carbocycles. The molecule has 0 atom stereocenters. The smallest absolute Gasteiger partial charge is 0.351 e. The zero-order valence-corrected chi connectivity index (χ0v) is 6.53. The Morgan fingerprint density at radius 3 is 2.83 bits per heavy atom. The van der Waals surface area contributed by atoms with Crippen molar-refractivity contribution in [2.75, 3.05) is 6.61 Å². The molecule has 12 heavy (non-hydrogen) atoms. The van der Waals surface area contributed by atoms with E-state index in [1.807, 2.05) is 5.43 Å². The summed E-state index contributed by atoms with van der Waals surface area (Å²) >= 11 is 0. The van der Waals surface area contributed by atoms with Crippen LogP contribution in [0.15, 0.2) is 5.10 Å². The van der Waals surface area contributed by atoms with Crippen molar-refractivity contribution in [1.82, 2.24) is 10.9 Å². The second-order valence-corrected chi connectivity index (χ2v) is 1.60. The molecule has 7 heteroatoms. The van der Waals surface area contributed by atoms with E-state index in [0.717, 1.165) is 6.21 Å². The van der Waals surface area contributed by atoms with Gasteiger partial charge in [0, 0.05) is 0 Å². The van der Waals surface area contributed by atoms with Gasteiger partial charge in [0.15, 0.2) is 0 Å². The number of ether oxygens (including phenoxy) is 1. The number of esters is 1. The summed E-state index contributed by atoms with van der Waals surface area (Å²) in [4.78, 5) is 20.9. The van der Waals surface area contributed by atoms with Gasteiger partial charge in [-0.2, -0.15) is 5.10 Å². The Bertz CT molecular complexity index is 191. The Balaban J connectivity index is 3.61. The maximum atomic E-state index is 10.5. The molecule has 0 fully saturated rings. The van der Waals surface area contributed by atoms with Crippen molar-refractivity contribution in [3.63, 3.8) is 0 Å². The largest absolute Gasteiger partial charge is 0.462 e. The fourth-order valence-corrected chi connectivity index (χ4v) is 0.355. The van der Waals surface area contributed by atoms with Gasteiger partial charge in [0.2, 0.25) is 0 Å². The van der Waals surface area contributed by atoms with Gasteiger partial charge in [-0.1, -0.05) is 0 Å². The van der Waals surface area contributed by atoms with Crippen molar-refractivity contribution in [2.45, 2.75) is 6.92 Å². The van der Waals surface area contributed by atoms with Crippen molar-refractivity contribution in [3.05, 3.63) is 0 Å². The van der Waals surface area contributed by atoms with E-state index in [1.165, 1.54) is 0 Å². The molecule has 0 rings (SSSR count). The van der Waals surface area contributed by atoms with E-state index in [2.05, 4.69) is 9.84 Å². The molecule has 0 aliphatic heterocycles. The number of hydrogen-bond donors (Lipinski definition) is 3. The Labute approximate surface area is 68.9 Å². The van der Waals surface area contributed by atoms with Crippen LogP contribution in [-0.2, 0) is 9.53 Å². The number of hydrazone groups is 1. The number of nitrogens with zero attached hydrogens (tertiary/aromatic N) is 1. The summed E-state index contributed by atoms with van der Waals surface area (Å²) in [7, 11) is 0. The molecular weight excluding hydrogens is 164 g/mol. The predicted molar refractivity (Wildman–Crippen MR) is 41.0 cm³/mol. The monoisotopic (exact) mass is 174 g/mol. The van der Waals surface area contributed by atoms with Crippen LogP contribution in [0.5, 0.6) is 0 Å². The van der Waals surface area contributed by atoms with E-state index in [9.17, 15) is 9.59 Å². The highest BCUT2D eigenvalue weighted by atomic mass is 16.5. The van der Waals surface area contributed by atoms with E-state index in [0.29, 0.717) is 0 Å². The normalized spacial score (nSPS) is 9.50. The van der Waals surface area contributed by atoms with Crippen LogP contribution >= 0.6 is 0 Å². The standard InChI is InChI=1S/C5H10N4O3/c1-2-12-4(10)3-7-9-5(11)8-6/h3H,2,6H2,1H3,(H2,8,9,11)/b7-3-. The fraction of sp³-hybridized carbons (Fsp3) is 0.400. The van der Waals surface area contributed by atoms with Gasteiger partial charge >= 0.3 is 12.0 Å². The Hall–Kier alpha value is -1.63. The highest BCUT2D eigenvalue weighted by molar-refractivity contribution is 6.23. The fourth-order valence-electron chi connectivity index (χ4n) is 0.355. The van der Waals surface area contributed by atoms with Gasteiger partial charge in [-0.05, 0) is 6.92 Å². The molecule has 68 valence electrons. The van der Waals surface area contributed by atoms with E-state index in [1.54, 1.807) is 12.3 Å². The molecule has 2 amide bonds. The lowest BCUT2D eigenvalue weighted by Gasteiger charge is -1.96. The molecule has 0 saturated carbocycles.